The van der Waals surface area contributed by atoms with E-state index < -0.39 is 0 Å². The third-order valence-electron chi connectivity index (χ3n) is 6.56. The number of hydrogen-bond donors (Lipinski definition) is 2. The molecule has 1 unspecified atom stereocenters. The van der Waals surface area contributed by atoms with E-state index >= 15 is 0 Å². The first-order valence-corrected chi connectivity index (χ1v) is 11.9. The minimum Gasteiger partial charge on any atom is -0.352 e. The smallest absolute Gasteiger partial charge is 0.251 e. The highest BCUT2D eigenvalue weighted by Crippen LogP contribution is 2.21. The summed E-state index contributed by atoms with van der Waals surface area (Å²) < 4.78 is 0. The van der Waals surface area contributed by atoms with Gasteiger partial charge in [-0.3, -0.25) is 14.5 Å². The molecule has 0 aliphatic carbocycles. The van der Waals surface area contributed by atoms with Crippen LogP contribution in [0.15, 0.2) is 66.7 Å². The molecule has 4 rings (SSSR count). The summed E-state index contributed by atoms with van der Waals surface area (Å²) in [7, 11) is 0. The number of piperidine rings is 1. The number of carbonyl (C=O) groups is 2. The summed E-state index contributed by atoms with van der Waals surface area (Å²) in [4.78, 5) is 27.4. The van der Waals surface area contributed by atoms with Crippen LogP contribution in [0.2, 0.25) is 0 Å². The molecule has 5 nitrogen and oxygen atoms in total. The van der Waals surface area contributed by atoms with Crippen LogP contribution < -0.4 is 10.6 Å². The number of benzene rings is 3. The lowest BCUT2D eigenvalue weighted by atomic mass is 10.0. The first-order chi connectivity index (χ1) is 16.1. The van der Waals surface area contributed by atoms with Gasteiger partial charge < -0.3 is 10.6 Å². The van der Waals surface area contributed by atoms with Crippen molar-refractivity contribution in [3.8, 4) is 0 Å². The zero-order valence-electron chi connectivity index (χ0n) is 19.3. The quantitative estimate of drug-likeness (QED) is 0.533. The summed E-state index contributed by atoms with van der Waals surface area (Å²) in [5.41, 5.74) is 3.04. The van der Waals surface area contributed by atoms with Crippen molar-refractivity contribution in [1.82, 2.24) is 15.5 Å². The molecule has 2 amide bonds. The molecule has 1 saturated heterocycles. The van der Waals surface area contributed by atoms with E-state index in [4.69, 9.17) is 0 Å². The van der Waals surface area contributed by atoms with Crippen LogP contribution >= 0.6 is 0 Å². The second-order valence-corrected chi connectivity index (χ2v) is 8.93. The van der Waals surface area contributed by atoms with Crippen molar-refractivity contribution in [2.75, 3.05) is 13.1 Å². The van der Waals surface area contributed by atoms with Crippen LogP contribution in [-0.4, -0.2) is 35.8 Å². The molecule has 0 spiro atoms. The Morgan fingerprint density at radius 1 is 0.909 bits per heavy atom. The number of fused-ring (bicyclic) bond motifs is 1. The van der Waals surface area contributed by atoms with Gasteiger partial charge >= 0.3 is 0 Å². The van der Waals surface area contributed by atoms with Crippen molar-refractivity contribution in [3.63, 3.8) is 0 Å². The number of likely N-dealkylation sites (tertiary alicyclic amines) is 1. The van der Waals surface area contributed by atoms with Crippen LogP contribution in [0.5, 0.6) is 0 Å². The number of hydrogen-bond acceptors (Lipinski definition) is 3. The van der Waals surface area contributed by atoms with Gasteiger partial charge in [0, 0.05) is 37.7 Å². The number of nitrogens with zero attached hydrogens (tertiary/aromatic N) is 1. The number of nitrogens with one attached hydrogen (secondary N) is 2. The van der Waals surface area contributed by atoms with E-state index in [0.29, 0.717) is 24.7 Å². The first kappa shape index (κ1) is 23.0. The topological polar surface area (TPSA) is 61.4 Å². The molecule has 0 bridgehead atoms. The predicted molar refractivity (Wildman–Crippen MR) is 133 cm³/mol. The van der Waals surface area contributed by atoms with Gasteiger partial charge in [0.2, 0.25) is 5.91 Å². The Balaban J connectivity index is 1.24. The Kier molecular flexibility index (Phi) is 7.74. The zero-order chi connectivity index (χ0) is 23.0. The predicted octanol–water partition coefficient (Wildman–Crippen LogP) is 4.65. The molecule has 1 aliphatic heterocycles. The minimum atomic E-state index is -0.158. The molecule has 3 aromatic carbocycles. The lowest BCUT2D eigenvalue weighted by Gasteiger charge is -2.33. The Labute approximate surface area is 196 Å². The fraction of sp³-hybridized carbons (Fsp3) is 0.357. The van der Waals surface area contributed by atoms with Crippen molar-refractivity contribution >= 4 is 22.6 Å². The van der Waals surface area contributed by atoms with Crippen molar-refractivity contribution in [1.29, 1.82) is 0 Å². The zero-order valence-corrected chi connectivity index (χ0v) is 19.3. The number of rotatable bonds is 8. The van der Waals surface area contributed by atoms with Crippen LogP contribution in [0.25, 0.3) is 10.8 Å². The summed E-state index contributed by atoms with van der Waals surface area (Å²) in [6, 6.07) is 22.5. The van der Waals surface area contributed by atoms with E-state index in [0.717, 1.165) is 29.4 Å². The lowest BCUT2D eigenvalue weighted by Crippen LogP contribution is -2.37. The standard InChI is InChI=1S/C28H33N3O2/c1-21-8-6-7-17-31(21)20-26-12-5-4-11-25(26)19-30-27(32)15-16-29-28(33)24-14-13-22-9-2-3-10-23(22)18-24/h2-5,9-14,18,21H,6-8,15-17,19-20H2,1H3,(H,29,33)(H,30,32). The molecule has 1 aliphatic rings. The van der Waals surface area contributed by atoms with Gasteiger partial charge in [-0.2, -0.15) is 0 Å². The second-order valence-electron chi connectivity index (χ2n) is 8.93. The van der Waals surface area contributed by atoms with Gasteiger partial charge in [0.05, 0.1) is 0 Å². The summed E-state index contributed by atoms with van der Waals surface area (Å²) in [6.45, 7) is 5.18. The van der Waals surface area contributed by atoms with Crippen LogP contribution in [0, 0.1) is 0 Å². The van der Waals surface area contributed by atoms with E-state index in [-0.39, 0.29) is 18.2 Å². The van der Waals surface area contributed by atoms with Crippen molar-refractivity contribution in [2.45, 2.75) is 51.7 Å². The number of carbonyl (C=O) groups excluding carboxylic acids is 2. The third kappa shape index (κ3) is 6.20. The van der Waals surface area contributed by atoms with E-state index in [1.165, 1.54) is 24.8 Å². The fourth-order valence-electron chi connectivity index (χ4n) is 4.50. The van der Waals surface area contributed by atoms with Gasteiger partial charge in [-0.1, -0.05) is 61.0 Å². The SMILES string of the molecule is CC1CCCCN1Cc1ccccc1CNC(=O)CCNC(=O)c1ccc2ccccc2c1. The molecular formula is C28H33N3O2. The van der Waals surface area contributed by atoms with Gasteiger partial charge in [-0.15, -0.1) is 0 Å². The summed E-state index contributed by atoms with van der Waals surface area (Å²) in [6.07, 6.45) is 4.08. The van der Waals surface area contributed by atoms with E-state index in [1.54, 1.807) is 0 Å². The average Bonchev–Trinajstić information content (AvgIpc) is 2.84. The molecule has 3 aromatic rings. The molecule has 172 valence electrons. The minimum absolute atomic E-state index is 0.0602. The number of amides is 2. The molecule has 0 radical (unpaired) electrons. The van der Waals surface area contributed by atoms with Crippen molar-refractivity contribution < 1.29 is 9.59 Å². The van der Waals surface area contributed by atoms with Gasteiger partial charge in [-0.25, -0.2) is 0 Å². The molecule has 0 saturated carbocycles. The second kappa shape index (κ2) is 11.1. The fourth-order valence-corrected chi connectivity index (χ4v) is 4.50. The molecule has 2 N–H and O–H groups in total. The first-order valence-electron chi connectivity index (χ1n) is 11.9. The Bertz CT molecular complexity index is 1110. The highest BCUT2D eigenvalue weighted by molar-refractivity contribution is 5.98. The Morgan fingerprint density at radius 2 is 1.67 bits per heavy atom. The third-order valence-corrected chi connectivity index (χ3v) is 6.56. The molecule has 1 heterocycles. The molecular weight excluding hydrogens is 410 g/mol. The van der Waals surface area contributed by atoms with E-state index in [9.17, 15) is 9.59 Å². The van der Waals surface area contributed by atoms with Crippen LogP contribution in [0.1, 0.15) is 54.1 Å². The van der Waals surface area contributed by atoms with Gasteiger partial charge in [-0.05, 0) is 60.3 Å². The molecule has 1 fully saturated rings. The maximum absolute atomic E-state index is 12.5. The summed E-state index contributed by atoms with van der Waals surface area (Å²) in [5.74, 6) is -0.218. The lowest BCUT2D eigenvalue weighted by molar-refractivity contribution is -0.121. The summed E-state index contributed by atoms with van der Waals surface area (Å²) >= 11 is 0. The highest BCUT2D eigenvalue weighted by atomic mass is 16.2. The van der Waals surface area contributed by atoms with Crippen LogP contribution in [0.4, 0.5) is 0 Å². The van der Waals surface area contributed by atoms with Gasteiger partial charge in [0.1, 0.15) is 0 Å². The van der Waals surface area contributed by atoms with Crippen LogP contribution in [-0.2, 0) is 17.9 Å². The van der Waals surface area contributed by atoms with E-state index in [2.05, 4.69) is 40.7 Å². The monoisotopic (exact) mass is 443 g/mol. The molecule has 0 aromatic heterocycles. The largest absolute Gasteiger partial charge is 0.352 e. The maximum atomic E-state index is 12.5. The normalized spacial score (nSPS) is 16.5. The highest BCUT2D eigenvalue weighted by Gasteiger charge is 2.19. The summed E-state index contributed by atoms with van der Waals surface area (Å²) in [5, 5.41) is 8.00. The van der Waals surface area contributed by atoms with Gasteiger partial charge in [0.25, 0.3) is 5.91 Å². The molecule has 5 heteroatoms. The molecule has 1 atom stereocenters. The van der Waals surface area contributed by atoms with Crippen molar-refractivity contribution in [2.24, 2.45) is 0 Å². The van der Waals surface area contributed by atoms with Gasteiger partial charge in [0.15, 0.2) is 0 Å². The Hall–Kier alpha value is -3.18. The molecule has 33 heavy (non-hydrogen) atoms. The van der Waals surface area contributed by atoms with Crippen LogP contribution in [0.3, 0.4) is 0 Å². The Morgan fingerprint density at radius 3 is 2.48 bits per heavy atom. The van der Waals surface area contributed by atoms with E-state index in [1.807, 2.05) is 48.5 Å². The van der Waals surface area contributed by atoms with Crippen molar-refractivity contribution in [3.05, 3.63) is 83.4 Å². The average molecular weight is 444 g/mol. The maximum Gasteiger partial charge on any atom is 0.251 e.